The number of methoxy groups -OCH3 is 1. The summed E-state index contributed by atoms with van der Waals surface area (Å²) in [6, 6.07) is 9.48. The molecule has 0 aliphatic heterocycles. The minimum absolute atomic E-state index is 0.145. The van der Waals surface area contributed by atoms with E-state index in [4.69, 9.17) is 16.3 Å². The molecule has 0 saturated carbocycles. The van der Waals surface area contributed by atoms with Crippen LogP contribution >= 0.6 is 22.9 Å². The van der Waals surface area contributed by atoms with Gasteiger partial charge in [-0.15, -0.1) is 11.3 Å². The van der Waals surface area contributed by atoms with Crippen molar-refractivity contribution in [3.8, 4) is 5.75 Å². The minimum Gasteiger partial charge on any atom is -0.497 e. The lowest BCUT2D eigenvalue weighted by Gasteiger charge is -2.07. The summed E-state index contributed by atoms with van der Waals surface area (Å²) in [6.07, 6.45) is 1.24. The first kappa shape index (κ1) is 14.1. The van der Waals surface area contributed by atoms with Crippen LogP contribution in [0.1, 0.15) is 27.2 Å². The molecule has 1 heterocycles. The first-order valence-electron chi connectivity index (χ1n) is 6.02. The van der Waals surface area contributed by atoms with Gasteiger partial charge in [-0.1, -0.05) is 17.7 Å². The van der Waals surface area contributed by atoms with Crippen LogP contribution in [0.3, 0.4) is 0 Å². The molecule has 1 aromatic carbocycles. The van der Waals surface area contributed by atoms with Crippen molar-refractivity contribution in [1.29, 1.82) is 0 Å². The summed E-state index contributed by atoms with van der Waals surface area (Å²) < 4.78 is 5.82. The fraction of sp³-hybridized carbons (Fsp3) is 0.267. The molecule has 0 spiro atoms. The second-order valence-electron chi connectivity index (χ2n) is 4.32. The van der Waals surface area contributed by atoms with Crippen LogP contribution in [0, 0.1) is 6.92 Å². The van der Waals surface area contributed by atoms with Crippen LogP contribution in [0.25, 0.3) is 0 Å². The van der Waals surface area contributed by atoms with Crippen LogP contribution in [-0.4, -0.2) is 12.9 Å². The number of aryl methyl sites for hydroxylation is 2. The Kier molecular flexibility index (Phi) is 4.61. The number of hydrogen-bond acceptors (Lipinski definition) is 3. The van der Waals surface area contributed by atoms with E-state index in [1.165, 1.54) is 16.9 Å². The summed E-state index contributed by atoms with van der Waals surface area (Å²) in [7, 11) is 1.65. The van der Waals surface area contributed by atoms with E-state index in [0.29, 0.717) is 10.8 Å². The van der Waals surface area contributed by atoms with Crippen molar-refractivity contribution < 1.29 is 9.53 Å². The van der Waals surface area contributed by atoms with Crippen molar-refractivity contribution in [2.75, 3.05) is 7.11 Å². The van der Waals surface area contributed by atoms with Gasteiger partial charge in [0.1, 0.15) is 5.75 Å². The molecule has 19 heavy (non-hydrogen) atoms. The lowest BCUT2D eigenvalue weighted by molar-refractivity contribution is 0.0986. The van der Waals surface area contributed by atoms with Gasteiger partial charge in [-0.05, 0) is 48.7 Å². The van der Waals surface area contributed by atoms with E-state index in [1.54, 1.807) is 19.2 Å². The highest BCUT2D eigenvalue weighted by Crippen LogP contribution is 2.24. The minimum atomic E-state index is 0.145. The molecule has 0 aliphatic carbocycles. The number of halogens is 1. The SMILES string of the molecule is COc1ccc(CCC(=O)c2ccc(Cl)s2)c(C)c1. The fourth-order valence-corrected chi connectivity index (χ4v) is 2.92. The highest BCUT2D eigenvalue weighted by molar-refractivity contribution is 7.18. The third-order valence-electron chi connectivity index (χ3n) is 3.02. The average Bonchev–Trinajstić information content (AvgIpc) is 2.83. The Labute approximate surface area is 122 Å². The van der Waals surface area contributed by atoms with E-state index >= 15 is 0 Å². The maximum Gasteiger partial charge on any atom is 0.173 e. The van der Waals surface area contributed by atoms with Gasteiger partial charge >= 0.3 is 0 Å². The molecule has 2 nitrogen and oxygen atoms in total. The normalized spacial score (nSPS) is 10.5. The molecule has 0 aliphatic rings. The van der Waals surface area contributed by atoms with E-state index < -0.39 is 0 Å². The van der Waals surface area contributed by atoms with Crippen LogP contribution in [0.4, 0.5) is 0 Å². The molecule has 0 bridgehead atoms. The molecular weight excluding hydrogens is 280 g/mol. The van der Waals surface area contributed by atoms with Gasteiger partial charge in [0.2, 0.25) is 0 Å². The molecule has 0 N–H and O–H groups in total. The standard InChI is InChI=1S/C15H15ClO2S/c1-10-9-12(18-2)5-3-11(10)4-6-13(17)14-7-8-15(16)19-14/h3,5,7-9H,4,6H2,1-2H3. The first-order valence-corrected chi connectivity index (χ1v) is 7.21. The van der Waals surface area contributed by atoms with E-state index in [0.717, 1.165) is 22.6 Å². The fourth-order valence-electron chi connectivity index (χ4n) is 1.91. The average molecular weight is 295 g/mol. The van der Waals surface area contributed by atoms with Gasteiger partial charge in [0.25, 0.3) is 0 Å². The Morgan fingerprint density at radius 3 is 2.68 bits per heavy atom. The van der Waals surface area contributed by atoms with Gasteiger partial charge in [0, 0.05) is 6.42 Å². The third-order valence-corrected chi connectivity index (χ3v) is 4.29. The lowest BCUT2D eigenvalue weighted by atomic mass is 10.0. The predicted molar refractivity (Wildman–Crippen MR) is 79.7 cm³/mol. The largest absolute Gasteiger partial charge is 0.497 e. The Hall–Kier alpha value is -1.32. The van der Waals surface area contributed by atoms with E-state index in [1.807, 2.05) is 25.1 Å². The Bertz CT molecular complexity index is 590. The lowest BCUT2D eigenvalue weighted by Crippen LogP contribution is -2.00. The molecule has 2 rings (SSSR count). The third kappa shape index (κ3) is 3.58. The van der Waals surface area contributed by atoms with E-state index in [2.05, 4.69) is 0 Å². The topological polar surface area (TPSA) is 26.3 Å². The number of benzene rings is 1. The van der Waals surface area contributed by atoms with E-state index in [-0.39, 0.29) is 5.78 Å². The van der Waals surface area contributed by atoms with Crippen molar-refractivity contribution in [3.63, 3.8) is 0 Å². The highest BCUT2D eigenvalue weighted by atomic mass is 35.5. The molecule has 2 aromatic rings. The summed E-state index contributed by atoms with van der Waals surface area (Å²) in [6.45, 7) is 2.03. The van der Waals surface area contributed by atoms with Gasteiger partial charge in [-0.2, -0.15) is 0 Å². The van der Waals surface area contributed by atoms with Gasteiger partial charge in [0.05, 0.1) is 16.3 Å². The number of rotatable bonds is 5. The molecule has 4 heteroatoms. The predicted octanol–water partition coefficient (Wildman–Crippen LogP) is 4.53. The zero-order chi connectivity index (χ0) is 13.8. The van der Waals surface area contributed by atoms with Crippen molar-refractivity contribution >= 4 is 28.7 Å². The number of Topliss-reactive ketones (excluding diaryl/α,β-unsaturated/α-hetero) is 1. The van der Waals surface area contributed by atoms with Crippen LogP contribution in [-0.2, 0) is 6.42 Å². The number of ketones is 1. The second-order valence-corrected chi connectivity index (χ2v) is 6.03. The summed E-state index contributed by atoms with van der Waals surface area (Å²) in [5, 5.41) is 0. The zero-order valence-corrected chi connectivity index (χ0v) is 12.5. The molecule has 0 fully saturated rings. The van der Waals surface area contributed by atoms with E-state index in [9.17, 15) is 4.79 Å². The second kappa shape index (κ2) is 6.22. The smallest absolute Gasteiger partial charge is 0.173 e. The number of ether oxygens (including phenoxy) is 1. The van der Waals surface area contributed by atoms with Crippen LogP contribution in [0.2, 0.25) is 4.34 Å². The van der Waals surface area contributed by atoms with Crippen molar-refractivity contribution in [2.24, 2.45) is 0 Å². The number of thiophene rings is 1. The van der Waals surface area contributed by atoms with Crippen LogP contribution < -0.4 is 4.74 Å². The number of carbonyl (C=O) groups excluding carboxylic acids is 1. The molecule has 0 radical (unpaired) electrons. The molecule has 1 aromatic heterocycles. The highest BCUT2D eigenvalue weighted by Gasteiger charge is 2.10. The van der Waals surface area contributed by atoms with Gasteiger partial charge in [-0.25, -0.2) is 0 Å². The Balaban J connectivity index is 2.01. The first-order chi connectivity index (χ1) is 9.10. The summed E-state index contributed by atoms with van der Waals surface area (Å²) in [5.41, 5.74) is 2.33. The van der Waals surface area contributed by atoms with Gasteiger partial charge < -0.3 is 4.74 Å². The Morgan fingerprint density at radius 1 is 1.32 bits per heavy atom. The maximum atomic E-state index is 12.0. The zero-order valence-electron chi connectivity index (χ0n) is 10.9. The summed E-state index contributed by atoms with van der Waals surface area (Å²) in [4.78, 5) is 12.7. The number of hydrogen-bond donors (Lipinski definition) is 0. The van der Waals surface area contributed by atoms with Crippen LogP contribution in [0.5, 0.6) is 5.75 Å². The molecule has 100 valence electrons. The molecule has 0 saturated heterocycles. The molecular formula is C15H15ClO2S. The van der Waals surface area contributed by atoms with Crippen LogP contribution in [0.15, 0.2) is 30.3 Å². The summed E-state index contributed by atoms with van der Waals surface area (Å²) in [5.74, 6) is 0.990. The number of carbonyl (C=O) groups is 1. The van der Waals surface area contributed by atoms with Gasteiger partial charge in [-0.3, -0.25) is 4.79 Å². The quantitative estimate of drug-likeness (QED) is 0.757. The molecule has 0 amide bonds. The summed E-state index contributed by atoms with van der Waals surface area (Å²) >= 11 is 7.17. The monoisotopic (exact) mass is 294 g/mol. The molecule has 0 atom stereocenters. The Morgan fingerprint density at radius 2 is 2.11 bits per heavy atom. The van der Waals surface area contributed by atoms with Crippen molar-refractivity contribution in [2.45, 2.75) is 19.8 Å². The van der Waals surface area contributed by atoms with Crippen molar-refractivity contribution in [3.05, 3.63) is 50.7 Å². The molecule has 0 unspecified atom stereocenters. The van der Waals surface area contributed by atoms with Gasteiger partial charge in [0.15, 0.2) is 5.78 Å². The van der Waals surface area contributed by atoms with Crippen molar-refractivity contribution in [1.82, 2.24) is 0 Å². The maximum absolute atomic E-state index is 12.0.